The van der Waals surface area contributed by atoms with Crippen molar-refractivity contribution in [2.24, 2.45) is 0 Å². The molecule has 2 heterocycles. The van der Waals surface area contributed by atoms with Gasteiger partial charge in [-0.3, -0.25) is 0 Å². The zero-order valence-corrected chi connectivity index (χ0v) is 10.8. The molecule has 0 amide bonds. The molecule has 1 nitrogen and oxygen atoms in total. The fourth-order valence-corrected chi connectivity index (χ4v) is 2.88. The van der Waals surface area contributed by atoms with Crippen LogP contribution in [0.3, 0.4) is 0 Å². The number of para-hydroxylation sites is 1. The number of hydrogen-bond acceptors (Lipinski definition) is 0. The maximum Gasteiger partial charge on any atom is 0.219 e. The molecule has 4 rings (SSSR count). The first-order valence-electron chi connectivity index (χ1n) is 6.56. The van der Waals surface area contributed by atoms with Gasteiger partial charge in [0.15, 0.2) is 6.20 Å². The Bertz CT molecular complexity index is 887. The topological polar surface area (TPSA) is 4.10 Å². The highest BCUT2D eigenvalue weighted by molar-refractivity contribution is 6.09. The lowest BCUT2D eigenvalue weighted by Crippen LogP contribution is -2.22. The molecule has 4 aromatic rings. The van der Waals surface area contributed by atoms with Crippen molar-refractivity contribution in [1.29, 1.82) is 0 Å². The predicted molar refractivity (Wildman–Crippen MR) is 79.4 cm³/mol. The molecule has 0 saturated heterocycles. The van der Waals surface area contributed by atoms with Gasteiger partial charge in [-0.25, -0.2) is 0 Å². The SMILES string of the molecule is Cc1cc[n+]2c3ccccc3c3ccccc3c2c1. The van der Waals surface area contributed by atoms with Crippen molar-refractivity contribution in [3.63, 3.8) is 0 Å². The summed E-state index contributed by atoms with van der Waals surface area (Å²) in [6.07, 6.45) is 2.17. The van der Waals surface area contributed by atoms with Crippen molar-refractivity contribution >= 4 is 27.2 Å². The third kappa shape index (κ3) is 1.45. The fraction of sp³-hybridized carbons (Fsp3) is 0.0556. The highest BCUT2D eigenvalue weighted by atomic mass is 14.9. The minimum atomic E-state index is 1.26. The number of rotatable bonds is 0. The third-order valence-electron chi connectivity index (χ3n) is 3.77. The Balaban J connectivity index is 2.43. The largest absolute Gasteiger partial charge is 0.219 e. The molecule has 0 aliphatic rings. The van der Waals surface area contributed by atoms with Crippen LogP contribution < -0.4 is 4.40 Å². The normalized spacial score (nSPS) is 11.4. The van der Waals surface area contributed by atoms with Crippen LogP contribution in [0.2, 0.25) is 0 Å². The summed E-state index contributed by atoms with van der Waals surface area (Å²) in [5.41, 5.74) is 3.82. The molecule has 2 aromatic carbocycles. The Morgan fingerprint density at radius 1 is 0.684 bits per heavy atom. The molecule has 90 valence electrons. The molecule has 0 radical (unpaired) electrons. The van der Waals surface area contributed by atoms with Crippen LogP contribution in [0, 0.1) is 6.92 Å². The molecule has 0 unspecified atom stereocenters. The van der Waals surface area contributed by atoms with Crippen molar-refractivity contribution in [3.8, 4) is 0 Å². The lowest BCUT2D eigenvalue weighted by Gasteiger charge is -2.04. The van der Waals surface area contributed by atoms with E-state index in [9.17, 15) is 0 Å². The van der Waals surface area contributed by atoms with Gasteiger partial charge in [-0.1, -0.05) is 30.3 Å². The van der Waals surface area contributed by atoms with Gasteiger partial charge in [-0.2, -0.15) is 4.40 Å². The van der Waals surface area contributed by atoms with E-state index in [1.807, 2.05) is 0 Å². The van der Waals surface area contributed by atoms with Gasteiger partial charge in [-0.05, 0) is 24.6 Å². The summed E-state index contributed by atoms with van der Waals surface area (Å²) >= 11 is 0. The van der Waals surface area contributed by atoms with E-state index in [2.05, 4.69) is 78.2 Å². The van der Waals surface area contributed by atoms with E-state index >= 15 is 0 Å². The Kier molecular flexibility index (Phi) is 2.10. The van der Waals surface area contributed by atoms with Crippen LogP contribution in [0.4, 0.5) is 0 Å². The fourth-order valence-electron chi connectivity index (χ4n) is 2.88. The van der Waals surface area contributed by atoms with Crippen LogP contribution in [0.15, 0.2) is 66.9 Å². The number of aromatic nitrogens is 1. The first-order chi connectivity index (χ1) is 9.34. The number of nitrogens with zero attached hydrogens (tertiary/aromatic N) is 1. The predicted octanol–water partition coefficient (Wildman–Crippen LogP) is 4.04. The first-order valence-corrected chi connectivity index (χ1v) is 6.56. The summed E-state index contributed by atoms with van der Waals surface area (Å²) in [6, 6.07) is 21.6. The molecule has 0 spiro atoms. The summed E-state index contributed by atoms with van der Waals surface area (Å²) in [5, 5.41) is 3.94. The van der Waals surface area contributed by atoms with Gasteiger partial charge in [0.25, 0.3) is 0 Å². The zero-order valence-electron chi connectivity index (χ0n) is 10.8. The van der Waals surface area contributed by atoms with Gasteiger partial charge < -0.3 is 0 Å². The summed E-state index contributed by atoms with van der Waals surface area (Å²) in [5.74, 6) is 0. The van der Waals surface area contributed by atoms with Gasteiger partial charge in [0.05, 0.1) is 10.8 Å². The Hall–Kier alpha value is -2.41. The number of benzene rings is 2. The van der Waals surface area contributed by atoms with Gasteiger partial charge in [0, 0.05) is 23.6 Å². The monoisotopic (exact) mass is 244 g/mol. The number of aryl methyl sites for hydroxylation is 1. The van der Waals surface area contributed by atoms with E-state index in [-0.39, 0.29) is 0 Å². The second-order valence-electron chi connectivity index (χ2n) is 5.02. The number of fused-ring (bicyclic) bond motifs is 6. The molecule has 19 heavy (non-hydrogen) atoms. The minimum Gasteiger partial charge on any atom is -0.159 e. The van der Waals surface area contributed by atoms with Crippen molar-refractivity contribution in [2.75, 3.05) is 0 Å². The maximum atomic E-state index is 2.28. The lowest BCUT2D eigenvalue weighted by molar-refractivity contribution is -0.480. The van der Waals surface area contributed by atoms with Crippen LogP contribution in [0.25, 0.3) is 27.2 Å². The molecular weight excluding hydrogens is 230 g/mol. The quantitative estimate of drug-likeness (QED) is 0.325. The molecule has 0 bridgehead atoms. The standard InChI is InChI=1S/C18H14N/c1-13-10-11-19-17-9-5-4-7-15(17)14-6-2-3-8-16(14)18(19)12-13/h2-12H,1H3/q+1. The van der Waals surface area contributed by atoms with Crippen LogP contribution in [0.1, 0.15) is 5.56 Å². The van der Waals surface area contributed by atoms with Gasteiger partial charge in [0.1, 0.15) is 0 Å². The Morgan fingerprint density at radius 3 is 2.11 bits per heavy atom. The summed E-state index contributed by atoms with van der Waals surface area (Å²) < 4.78 is 2.28. The minimum absolute atomic E-state index is 1.26. The van der Waals surface area contributed by atoms with Gasteiger partial charge >= 0.3 is 0 Å². The first kappa shape index (κ1) is 10.5. The molecule has 0 N–H and O–H groups in total. The van der Waals surface area contributed by atoms with E-state index in [4.69, 9.17) is 0 Å². The van der Waals surface area contributed by atoms with Crippen LogP contribution in [-0.2, 0) is 0 Å². The summed E-state index contributed by atoms with van der Waals surface area (Å²) in [4.78, 5) is 0. The highest BCUT2D eigenvalue weighted by Crippen LogP contribution is 2.25. The van der Waals surface area contributed by atoms with Crippen molar-refractivity contribution in [1.82, 2.24) is 0 Å². The summed E-state index contributed by atoms with van der Waals surface area (Å²) in [7, 11) is 0. The molecule has 1 heteroatoms. The van der Waals surface area contributed by atoms with Crippen LogP contribution in [0.5, 0.6) is 0 Å². The summed E-state index contributed by atoms with van der Waals surface area (Å²) in [6.45, 7) is 2.14. The van der Waals surface area contributed by atoms with Gasteiger partial charge in [-0.15, -0.1) is 0 Å². The number of hydrogen-bond donors (Lipinski definition) is 0. The second kappa shape index (κ2) is 3.79. The number of pyridine rings is 2. The van der Waals surface area contributed by atoms with Crippen LogP contribution in [-0.4, -0.2) is 0 Å². The van der Waals surface area contributed by atoms with E-state index in [1.165, 1.54) is 32.8 Å². The molecule has 0 aliphatic carbocycles. The Morgan fingerprint density at radius 2 is 1.32 bits per heavy atom. The molecule has 0 aliphatic heterocycles. The third-order valence-corrected chi connectivity index (χ3v) is 3.77. The zero-order chi connectivity index (χ0) is 12.8. The molecule has 0 saturated carbocycles. The second-order valence-corrected chi connectivity index (χ2v) is 5.02. The average molecular weight is 244 g/mol. The maximum absolute atomic E-state index is 2.28. The van der Waals surface area contributed by atoms with Crippen molar-refractivity contribution < 1.29 is 4.40 Å². The van der Waals surface area contributed by atoms with E-state index in [0.29, 0.717) is 0 Å². The van der Waals surface area contributed by atoms with Crippen LogP contribution >= 0.6 is 0 Å². The average Bonchev–Trinajstić information content (AvgIpc) is 2.47. The van der Waals surface area contributed by atoms with E-state index < -0.39 is 0 Å². The van der Waals surface area contributed by atoms with Gasteiger partial charge in [0.2, 0.25) is 11.0 Å². The molecule has 2 aromatic heterocycles. The Labute approximate surface area is 111 Å². The molecular formula is C18H14N+. The molecule has 0 atom stereocenters. The van der Waals surface area contributed by atoms with Crippen molar-refractivity contribution in [3.05, 3.63) is 72.4 Å². The smallest absolute Gasteiger partial charge is 0.159 e. The van der Waals surface area contributed by atoms with E-state index in [1.54, 1.807) is 0 Å². The lowest BCUT2D eigenvalue weighted by atomic mass is 10.0. The molecule has 0 fully saturated rings. The highest BCUT2D eigenvalue weighted by Gasteiger charge is 2.14. The van der Waals surface area contributed by atoms with E-state index in [0.717, 1.165) is 0 Å². The van der Waals surface area contributed by atoms with Crippen molar-refractivity contribution in [2.45, 2.75) is 6.92 Å².